The van der Waals surface area contributed by atoms with Crippen molar-refractivity contribution >= 4 is 40.4 Å². The third-order valence-electron chi connectivity index (χ3n) is 3.92. The van der Waals surface area contributed by atoms with Gasteiger partial charge in [0.1, 0.15) is 6.20 Å². The van der Waals surface area contributed by atoms with Crippen molar-refractivity contribution in [2.75, 3.05) is 17.2 Å². The largest absolute Gasteiger partial charge is 0.364 e. The lowest BCUT2D eigenvalue weighted by molar-refractivity contribution is -0.384. The lowest BCUT2D eigenvalue weighted by atomic mass is 10.1. The van der Waals surface area contributed by atoms with Crippen LogP contribution in [-0.2, 0) is 6.42 Å². The minimum atomic E-state index is -0.569. The van der Waals surface area contributed by atoms with Crippen LogP contribution >= 0.6 is 11.6 Å². The van der Waals surface area contributed by atoms with Crippen LogP contribution in [0, 0.1) is 20.2 Å². The van der Waals surface area contributed by atoms with Crippen molar-refractivity contribution in [2.45, 2.75) is 6.42 Å². The van der Waals surface area contributed by atoms with Crippen molar-refractivity contribution in [1.82, 2.24) is 9.97 Å². The summed E-state index contributed by atoms with van der Waals surface area (Å²) >= 11 is 5.85. The molecule has 2 N–H and O–H groups in total. The van der Waals surface area contributed by atoms with Gasteiger partial charge >= 0.3 is 5.69 Å². The standard InChI is InChI=1S/C18H15ClN6O4/c19-13-3-5-14(6-4-13)22-18-21-11-16(25(28)29)17(23-18)20-10-9-12-1-7-15(8-2-12)24(26)27/h1-8,11H,9-10H2,(H2,20,21,22,23). The molecule has 2 aromatic carbocycles. The van der Waals surface area contributed by atoms with Crippen LogP contribution in [-0.4, -0.2) is 26.4 Å². The number of nitrogens with zero attached hydrogens (tertiary/aromatic N) is 4. The summed E-state index contributed by atoms with van der Waals surface area (Å²) < 4.78 is 0. The van der Waals surface area contributed by atoms with Crippen molar-refractivity contribution in [3.8, 4) is 0 Å². The van der Waals surface area contributed by atoms with Gasteiger partial charge in [-0.1, -0.05) is 23.7 Å². The second kappa shape index (κ2) is 8.93. The predicted octanol–water partition coefficient (Wildman–Crippen LogP) is 4.34. The fourth-order valence-electron chi connectivity index (χ4n) is 2.47. The van der Waals surface area contributed by atoms with E-state index < -0.39 is 9.85 Å². The molecule has 29 heavy (non-hydrogen) atoms. The van der Waals surface area contributed by atoms with Crippen molar-refractivity contribution in [3.63, 3.8) is 0 Å². The van der Waals surface area contributed by atoms with Gasteiger partial charge in [0.05, 0.1) is 9.85 Å². The van der Waals surface area contributed by atoms with Crippen molar-refractivity contribution in [2.24, 2.45) is 0 Å². The van der Waals surface area contributed by atoms with E-state index in [1.54, 1.807) is 36.4 Å². The Balaban J connectivity index is 1.69. The van der Waals surface area contributed by atoms with E-state index in [1.165, 1.54) is 12.1 Å². The molecule has 0 saturated heterocycles. The van der Waals surface area contributed by atoms with Crippen molar-refractivity contribution < 1.29 is 9.85 Å². The number of nitrogens with one attached hydrogen (secondary N) is 2. The average molecular weight is 415 g/mol. The van der Waals surface area contributed by atoms with Gasteiger partial charge in [-0.25, -0.2) is 4.98 Å². The lowest BCUT2D eigenvalue weighted by Crippen LogP contribution is -2.10. The molecular formula is C18H15ClN6O4. The highest BCUT2D eigenvalue weighted by molar-refractivity contribution is 6.30. The summed E-state index contributed by atoms with van der Waals surface area (Å²) in [6, 6.07) is 13.0. The van der Waals surface area contributed by atoms with Gasteiger partial charge in [-0.2, -0.15) is 4.98 Å². The number of nitro groups is 2. The minimum absolute atomic E-state index is 0.00561. The molecule has 0 fully saturated rings. The molecule has 0 aliphatic heterocycles. The summed E-state index contributed by atoms with van der Waals surface area (Å²) in [6.45, 7) is 0.343. The highest BCUT2D eigenvalue weighted by Crippen LogP contribution is 2.24. The fourth-order valence-corrected chi connectivity index (χ4v) is 2.60. The van der Waals surface area contributed by atoms with Crippen molar-refractivity contribution in [1.29, 1.82) is 0 Å². The van der Waals surface area contributed by atoms with E-state index in [-0.39, 0.29) is 23.1 Å². The molecule has 3 aromatic rings. The molecular weight excluding hydrogens is 400 g/mol. The third kappa shape index (κ3) is 5.36. The number of non-ortho nitro benzene ring substituents is 1. The molecule has 3 rings (SSSR count). The van der Waals surface area contributed by atoms with Gasteiger partial charge in [-0.05, 0) is 36.2 Å². The Morgan fingerprint density at radius 2 is 1.66 bits per heavy atom. The van der Waals surface area contributed by atoms with Crippen LogP contribution in [0.2, 0.25) is 5.02 Å². The molecule has 11 heteroatoms. The SMILES string of the molecule is O=[N+]([O-])c1ccc(CCNc2nc(Nc3ccc(Cl)cc3)ncc2[N+](=O)[O-])cc1. The van der Waals surface area contributed by atoms with Gasteiger partial charge in [0, 0.05) is 29.4 Å². The molecule has 1 aromatic heterocycles. The van der Waals surface area contributed by atoms with E-state index >= 15 is 0 Å². The molecule has 0 bridgehead atoms. The third-order valence-corrected chi connectivity index (χ3v) is 4.17. The van der Waals surface area contributed by atoms with Gasteiger partial charge in [0.25, 0.3) is 5.69 Å². The number of rotatable bonds is 8. The molecule has 0 saturated carbocycles. The summed E-state index contributed by atoms with van der Waals surface area (Å²) in [5.41, 5.74) is 1.28. The quantitative estimate of drug-likeness (QED) is 0.410. The average Bonchev–Trinajstić information content (AvgIpc) is 2.70. The Hall–Kier alpha value is -3.79. The van der Waals surface area contributed by atoms with E-state index in [0.717, 1.165) is 11.8 Å². The first kappa shape index (κ1) is 20.0. The van der Waals surface area contributed by atoms with Crippen LogP contribution < -0.4 is 10.6 Å². The van der Waals surface area contributed by atoms with Crippen LogP contribution in [0.1, 0.15) is 5.56 Å². The van der Waals surface area contributed by atoms with Crippen LogP contribution in [0.4, 0.5) is 28.8 Å². The molecule has 1 heterocycles. The van der Waals surface area contributed by atoms with Gasteiger partial charge in [0.15, 0.2) is 0 Å². The highest BCUT2D eigenvalue weighted by atomic mass is 35.5. The monoisotopic (exact) mass is 414 g/mol. The maximum absolute atomic E-state index is 11.2. The zero-order valence-electron chi connectivity index (χ0n) is 14.9. The number of benzene rings is 2. The van der Waals surface area contributed by atoms with E-state index in [2.05, 4.69) is 20.6 Å². The zero-order valence-corrected chi connectivity index (χ0v) is 15.7. The van der Waals surface area contributed by atoms with E-state index in [4.69, 9.17) is 11.6 Å². The number of nitro benzene ring substituents is 1. The number of anilines is 3. The van der Waals surface area contributed by atoms with Crippen LogP contribution in [0.15, 0.2) is 54.7 Å². The Morgan fingerprint density at radius 1 is 0.966 bits per heavy atom. The second-order valence-corrected chi connectivity index (χ2v) is 6.35. The number of aromatic nitrogens is 2. The molecule has 148 valence electrons. The van der Waals surface area contributed by atoms with Crippen LogP contribution in [0.5, 0.6) is 0 Å². The zero-order chi connectivity index (χ0) is 20.8. The Kier molecular flexibility index (Phi) is 6.15. The van der Waals surface area contributed by atoms with Crippen LogP contribution in [0.25, 0.3) is 0 Å². The summed E-state index contributed by atoms with van der Waals surface area (Å²) in [5, 5.41) is 28.4. The molecule has 0 radical (unpaired) electrons. The molecule has 0 aliphatic rings. The van der Waals surface area contributed by atoms with E-state index in [1.807, 2.05) is 0 Å². The van der Waals surface area contributed by atoms with E-state index in [9.17, 15) is 20.2 Å². The van der Waals surface area contributed by atoms with Crippen molar-refractivity contribution in [3.05, 3.63) is 85.5 Å². The predicted molar refractivity (Wildman–Crippen MR) is 109 cm³/mol. The molecule has 0 aliphatic carbocycles. The summed E-state index contributed by atoms with van der Waals surface area (Å²) in [5.74, 6) is 0.263. The lowest BCUT2D eigenvalue weighted by Gasteiger charge is -2.09. The summed E-state index contributed by atoms with van der Waals surface area (Å²) in [4.78, 5) is 29.1. The molecule has 10 nitrogen and oxygen atoms in total. The number of hydrogen-bond donors (Lipinski definition) is 2. The normalized spacial score (nSPS) is 10.4. The molecule has 0 spiro atoms. The number of hydrogen-bond acceptors (Lipinski definition) is 8. The van der Waals surface area contributed by atoms with Crippen LogP contribution in [0.3, 0.4) is 0 Å². The maximum atomic E-state index is 11.2. The van der Waals surface area contributed by atoms with Gasteiger partial charge in [-0.15, -0.1) is 0 Å². The first-order valence-corrected chi connectivity index (χ1v) is 8.81. The molecule has 0 amide bonds. The summed E-state index contributed by atoms with van der Waals surface area (Å²) in [6.07, 6.45) is 1.62. The highest BCUT2D eigenvalue weighted by Gasteiger charge is 2.17. The van der Waals surface area contributed by atoms with Gasteiger partial charge in [-0.3, -0.25) is 20.2 Å². The van der Waals surface area contributed by atoms with Gasteiger partial charge < -0.3 is 10.6 Å². The molecule has 0 unspecified atom stereocenters. The van der Waals surface area contributed by atoms with Gasteiger partial charge in [0.2, 0.25) is 11.8 Å². The molecule has 0 atom stereocenters. The van der Waals surface area contributed by atoms with E-state index in [0.29, 0.717) is 23.7 Å². The minimum Gasteiger partial charge on any atom is -0.364 e. The topological polar surface area (TPSA) is 136 Å². The first-order valence-electron chi connectivity index (χ1n) is 8.43. The first-order chi connectivity index (χ1) is 13.9. The smallest absolute Gasteiger partial charge is 0.329 e. The Bertz CT molecular complexity index is 1030. The maximum Gasteiger partial charge on any atom is 0.329 e. The second-order valence-electron chi connectivity index (χ2n) is 5.92. The fraction of sp³-hybridized carbons (Fsp3) is 0.111. The Labute approximate surface area is 169 Å². The summed E-state index contributed by atoms with van der Waals surface area (Å²) in [7, 11) is 0. The number of halogens is 1. The Morgan fingerprint density at radius 3 is 2.28 bits per heavy atom.